The Kier molecular flexibility index (Phi) is 5.51. The molecule has 128 valence electrons. The number of nitrogens with one attached hydrogen (secondary N) is 1. The lowest BCUT2D eigenvalue weighted by atomic mass is 10.2. The second-order valence-corrected chi connectivity index (χ2v) is 6.60. The van der Waals surface area contributed by atoms with Crippen molar-refractivity contribution in [1.82, 2.24) is 24.9 Å². The molecule has 1 N–H and O–H groups in total. The first-order chi connectivity index (χ1) is 11.2. The van der Waals surface area contributed by atoms with Crippen LogP contribution in [0.15, 0.2) is 18.5 Å². The van der Waals surface area contributed by atoms with Gasteiger partial charge in [-0.15, -0.1) is 0 Å². The van der Waals surface area contributed by atoms with E-state index in [-0.39, 0.29) is 12.1 Å². The number of carbonyl (C=O) groups is 1. The summed E-state index contributed by atoms with van der Waals surface area (Å²) < 4.78 is 7.64. The molecular formula is C16H27N5O2. The van der Waals surface area contributed by atoms with Gasteiger partial charge in [-0.2, -0.15) is 5.10 Å². The van der Waals surface area contributed by atoms with Gasteiger partial charge in [-0.25, -0.2) is 4.79 Å². The minimum absolute atomic E-state index is 0.0147. The number of urea groups is 1. The summed E-state index contributed by atoms with van der Waals surface area (Å²) in [5, 5.41) is 7.16. The maximum absolute atomic E-state index is 12.5. The molecule has 0 spiro atoms. The minimum Gasteiger partial charge on any atom is -0.374 e. The maximum Gasteiger partial charge on any atom is 0.317 e. The van der Waals surface area contributed by atoms with E-state index in [0.29, 0.717) is 25.6 Å². The fourth-order valence-electron chi connectivity index (χ4n) is 2.90. The third-order valence-corrected chi connectivity index (χ3v) is 4.40. The van der Waals surface area contributed by atoms with Gasteiger partial charge in [-0.1, -0.05) is 0 Å². The summed E-state index contributed by atoms with van der Waals surface area (Å²) in [4.78, 5) is 16.7. The fraction of sp³-hybridized carbons (Fsp3) is 0.750. The first-order valence-corrected chi connectivity index (χ1v) is 8.51. The number of morpholine rings is 1. The van der Waals surface area contributed by atoms with Crippen molar-refractivity contribution in [1.29, 1.82) is 0 Å². The van der Waals surface area contributed by atoms with Crippen LogP contribution in [0.1, 0.15) is 12.8 Å². The molecule has 1 aliphatic heterocycles. The summed E-state index contributed by atoms with van der Waals surface area (Å²) in [5.41, 5.74) is 0. The van der Waals surface area contributed by atoms with Crippen molar-refractivity contribution >= 4 is 6.03 Å². The van der Waals surface area contributed by atoms with Crippen LogP contribution in [0.3, 0.4) is 0 Å². The first-order valence-electron chi connectivity index (χ1n) is 8.51. The Labute approximate surface area is 137 Å². The van der Waals surface area contributed by atoms with Gasteiger partial charge in [-0.05, 0) is 31.9 Å². The molecule has 23 heavy (non-hydrogen) atoms. The van der Waals surface area contributed by atoms with Crippen LogP contribution < -0.4 is 5.32 Å². The maximum atomic E-state index is 12.5. The molecule has 1 saturated carbocycles. The van der Waals surface area contributed by atoms with Crippen molar-refractivity contribution in [3.05, 3.63) is 18.5 Å². The summed E-state index contributed by atoms with van der Waals surface area (Å²) in [6, 6.07) is 1.90. The van der Waals surface area contributed by atoms with Gasteiger partial charge < -0.3 is 19.9 Å². The van der Waals surface area contributed by atoms with Gasteiger partial charge in [0, 0.05) is 45.1 Å². The Morgan fingerprint density at radius 2 is 2.30 bits per heavy atom. The number of rotatable bonds is 7. The minimum atomic E-state index is 0.0147. The Morgan fingerprint density at radius 1 is 1.43 bits per heavy atom. The molecule has 1 aromatic rings. The van der Waals surface area contributed by atoms with Crippen LogP contribution in [0.4, 0.5) is 4.79 Å². The van der Waals surface area contributed by atoms with Crippen molar-refractivity contribution in [2.75, 3.05) is 46.4 Å². The molecular weight excluding hydrogens is 294 g/mol. The van der Waals surface area contributed by atoms with Crippen molar-refractivity contribution < 1.29 is 9.53 Å². The zero-order valence-corrected chi connectivity index (χ0v) is 13.9. The second-order valence-electron chi connectivity index (χ2n) is 6.60. The summed E-state index contributed by atoms with van der Waals surface area (Å²) in [7, 11) is 2.10. The molecule has 2 heterocycles. The molecule has 2 amide bonds. The SMILES string of the molecule is CN1CCO[C@@H](CN(CC2CC2)C(=O)NCCn2cccn2)C1. The third kappa shape index (κ3) is 5.21. The van der Waals surface area contributed by atoms with Gasteiger partial charge in [0.1, 0.15) is 0 Å². The van der Waals surface area contributed by atoms with Gasteiger partial charge in [0.15, 0.2) is 0 Å². The normalized spacial score (nSPS) is 22.0. The first kappa shape index (κ1) is 16.3. The van der Waals surface area contributed by atoms with E-state index in [4.69, 9.17) is 4.74 Å². The Bertz CT molecular complexity index is 489. The highest BCUT2D eigenvalue weighted by molar-refractivity contribution is 5.74. The molecule has 1 aliphatic carbocycles. The Balaban J connectivity index is 1.47. The average molecular weight is 321 g/mol. The summed E-state index contributed by atoms with van der Waals surface area (Å²) in [6.45, 7) is 5.41. The molecule has 2 fully saturated rings. The van der Waals surface area contributed by atoms with Gasteiger partial charge in [-0.3, -0.25) is 4.68 Å². The largest absolute Gasteiger partial charge is 0.374 e. The number of nitrogens with zero attached hydrogens (tertiary/aromatic N) is 4. The Hall–Kier alpha value is -1.60. The van der Waals surface area contributed by atoms with Crippen LogP contribution in [-0.4, -0.2) is 78.1 Å². The van der Waals surface area contributed by atoms with Crippen molar-refractivity contribution in [3.63, 3.8) is 0 Å². The fourth-order valence-corrected chi connectivity index (χ4v) is 2.90. The summed E-state index contributed by atoms with van der Waals surface area (Å²) >= 11 is 0. The number of likely N-dealkylation sites (N-methyl/N-ethyl adjacent to an activating group) is 1. The smallest absolute Gasteiger partial charge is 0.317 e. The van der Waals surface area contributed by atoms with Crippen molar-refractivity contribution in [2.24, 2.45) is 5.92 Å². The van der Waals surface area contributed by atoms with E-state index in [2.05, 4.69) is 22.4 Å². The topological polar surface area (TPSA) is 62.6 Å². The quantitative estimate of drug-likeness (QED) is 0.800. The Morgan fingerprint density at radius 3 is 3.00 bits per heavy atom. The molecule has 0 unspecified atom stereocenters. The molecule has 1 saturated heterocycles. The lowest BCUT2D eigenvalue weighted by molar-refractivity contribution is -0.0308. The molecule has 0 aromatic carbocycles. The van der Waals surface area contributed by atoms with Crippen molar-refractivity contribution in [3.8, 4) is 0 Å². The molecule has 0 bridgehead atoms. The lowest BCUT2D eigenvalue weighted by Gasteiger charge is -2.34. The van der Waals surface area contributed by atoms with Gasteiger partial charge in [0.2, 0.25) is 0 Å². The van der Waals surface area contributed by atoms with E-state index in [1.165, 1.54) is 12.8 Å². The van der Waals surface area contributed by atoms with E-state index in [0.717, 1.165) is 26.2 Å². The van der Waals surface area contributed by atoms with Gasteiger partial charge in [0.05, 0.1) is 19.3 Å². The number of carbonyl (C=O) groups excluding carboxylic acids is 1. The number of hydrogen-bond donors (Lipinski definition) is 1. The van der Waals surface area contributed by atoms with Crippen LogP contribution >= 0.6 is 0 Å². The predicted octanol–water partition coefficient (Wildman–Crippen LogP) is 0.635. The average Bonchev–Trinajstić information content (AvgIpc) is 3.19. The highest BCUT2D eigenvalue weighted by Crippen LogP contribution is 2.29. The molecule has 7 nitrogen and oxygen atoms in total. The van der Waals surface area contributed by atoms with Crippen molar-refractivity contribution in [2.45, 2.75) is 25.5 Å². The molecule has 1 aromatic heterocycles. The molecule has 7 heteroatoms. The summed E-state index contributed by atoms with van der Waals surface area (Å²) in [5.74, 6) is 0.674. The second kappa shape index (κ2) is 7.79. The summed E-state index contributed by atoms with van der Waals surface area (Å²) in [6.07, 6.45) is 6.24. The van der Waals surface area contributed by atoms with E-state index in [9.17, 15) is 4.79 Å². The molecule has 2 aliphatic rings. The highest BCUT2D eigenvalue weighted by atomic mass is 16.5. The third-order valence-electron chi connectivity index (χ3n) is 4.40. The van der Waals surface area contributed by atoms with Crippen LogP contribution in [0.5, 0.6) is 0 Å². The number of aromatic nitrogens is 2. The zero-order chi connectivity index (χ0) is 16.1. The van der Waals surface area contributed by atoms with E-state index in [1.54, 1.807) is 6.20 Å². The molecule has 3 rings (SSSR count). The van der Waals surface area contributed by atoms with Crippen LogP contribution in [0.2, 0.25) is 0 Å². The van der Waals surface area contributed by atoms with Crippen LogP contribution in [0.25, 0.3) is 0 Å². The van der Waals surface area contributed by atoms with Crippen LogP contribution in [-0.2, 0) is 11.3 Å². The monoisotopic (exact) mass is 321 g/mol. The zero-order valence-electron chi connectivity index (χ0n) is 13.9. The number of ether oxygens (including phenoxy) is 1. The number of hydrogen-bond acceptors (Lipinski definition) is 4. The van der Waals surface area contributed by atoms with Gasteiger partial charge >= 0.3 is 6.03 Å². The lowest BCUT2D eigenvalue weighted by Crippen LogP contribution is -2.50. The molecule has 1 atom stereocenters. The standard InChI is InChI=1S/C16H27N5O2/c1-19-9-10-23-15(12-19)13-20(11-14-3-4-14)16(22)17-6-8-21-7-2-5-18-21/h2,5,7,14-15H,3-4,6,8-13H2,1H3,(H,17,22)/t15-/m1/s1. The van der Waals surface area contributed by atoms with Gasteiger partial charge in [0.25, 0.3) is 0 Å². The molecule has 0 radical (unpaired) electrons. The van der Waals surface area contributed by atoms with Crippen LogP contribution in [0, 0.1) is 5.92 Å². The number of amides is 2. The van der Waals surface area contributed by atoms with E-state index < -0.39 is 0 Å². The van der Waals surface area contributed by atoms with E-state index >= 15 is 0 Å². The predicted molar refractivity (Wildman–Crippen MR) is 87.2 cm³/mol. The van der Waals surface area contributed by atoms with E-state index in [1.807, 2.05) is 21.8 Å². The highest BCUT2D eigenvalue weighted by Gasteiger charge is 2.29.